The lowest BCUT2D eigenvalue weighted by Gasteiger charge is -2.39. The number of piperidine rings is 3. The van der Waals surface area contributed by atoms with Gasteiger partial charge in [-0.1, -0.05) is 12.1 Å². The Kier molecular flexibility index (Phi) is 11.7. The number of benzene rings is 1. The lowest BCUT2D eigenvalue weighted by atomic mass is 9.88. The maximum absolute atomic E-state index is 15.2. The van der Waals surface area contributed by atoms with Crippen molar-refractivity contribution >= 4 is 46.1 Å². The number of aryl methyl sites for hydroxylation is 1. The quantitative estimate of drug-likeness (QED) is 0.163. The summed E-state index contributed by atoms with van der Waals surface area (Å²) in [5, 5.41) is 6.43. The van der Waals surface area contributed by atoms with Crippen molar-refractivity contribution in [3.63, 3.8) is 0 Å². The number of pyridine rings is 3. The van der Waals surface area contributed by atoms with Gasteiger partial charge in [-0.3, -0.25) is 29.5 Å². The number of rotatable bonds is 10. The van der Waals surface area contributed by atoms with Gasteiger partial charge < -0.3 is 25.4 Å². The van der Waals surface area contributed by atoms with Crippen molar-refractivity contribution < 1.29 is 18.8 Å². The molecule has 318 valence electrons. The smallest absolute Gasteiger partial charge is 0.253 e. The van der Waals surface area contributed by atoms with Crippen LogP contribution < -0.4 is 21.3 Å². The molecule has 4 N–H and O–H groups in total. The van der Waals surface area contributed by atoms with Gasteiger partial charge in [0.1, 0.15) is 17.5 Å². The van der Waals surface area contributed by atoms with E-state index in [0.717, 1.165) is 106 Å². The number of hydrogen-bond acceptors (Lipinski definition) is 11. The number of fused-ring (bicyclic) bond motifs is 1. The lowest BCUT2D eigenvalue weighted by molar-refractivity contribution is -0.133. The number of nitrogens with one attached hydrogen (secondary N) is 2. The second-order valence-corrected chi connectivity index (χ2v) is 17.1. The summed E-state index contributed by atoms with van der Waals surface area (Å²) in [6.07, 6.45) is 9.93. The molecular formula is C46H54FN11O3. The molecule has 5 aromatic rings. The number of imide groups is 1. The number of nitrogen functional groups attached to an aromatic ring is 1. The molecular weight excluding hydrogens is 774 g/mol. The van der Waals surface area contributed by atoms with Gasteiger partial charge in [-0.05, 0) is 105 Å². The first kappa shape index (κ1) is 40.5. The first-order valence-electron chi connectivity index (χ1n) is 21.6. The predicted molar refractivity (Wildman–Crippen MR) is 233 cm³/mol. The summed E-state index contributed by atoms with van der Waals surface area (Å²) in [6, 6.07) is 17.3. The van der Waals surface area contributed by atoms with Crippen LogP contribution in [0.15, 0.2) is 73.2 Å². The Balaban J connectivity index is 0.706. The molecule has 15 heteroatoms. The molecule has 0 spiro atoms. The minimum Gasteiger partial charge on any atom is -0.384 e. The van der Waals surface area contributed by atoms with E-state index in [1.54, 1.807) is 6.20 Å². The maximum atomic E-state index is 15.2. The van der Waals surface area contributed by atoms with Crippen molar-refractivity contribution in [1.29, 1.82) is 0 Å². The number of likely N-dealkylation sites (tertiary alicyclic amines) is 2. The number of aromatic nitrogens is 4. The van der Waals surface area contributed by atoms with E-state index in [0.29, 0.717) is 48.7 Å². The van der Waals surface area contributed by atoms with Gasteiger partial charge in [0.05, 0.1) is 11.9 Å². The van der Waals surface area contributed by atoms with Crippen molar-refractivity contribution in [1.82, 2.24) is 39.5 Å². The third-order valence-corrected chi connectivity index (χ3v) is 13.2. The summed E-state index contributed by atoms with van der Waals surface area (Å²) in [7, 11) is 2.09. The lowest BCUT2D eigenvalue weighted by Crippen LogP contribution is -2.49. The van der Waals surface area contributed by atoms with Gasteiger partial charge in [-0.25, -0.2) is 19.3 Å². The van der Waals surface area contributed by atoms with E-state index in [1.807, 2.05) is 52.5 Å². The number of carbonyl (C=O) groups excluding carboxylic acids is 3. The first-order chi connectivity index (χ1) is 29.6. The number of amides is 3. The predicted octanol–water partition coefficient (Wildman–Crippen LogP) is 5.02. The fourth-order valence-corrected chi connectivity index (χ4v) is 9.57. The van der Waals surface area contributed by atoms with Crippen molar-refractivity contribution in [2.45, 2.75) is 57.0 Å². The maximum Gasteiger partial charge on any atom is 0.253 e. The average molecular weight is 828 g/mol. The highest BCUT2D eigenvalue weighted by atomic mass is 19.1. The third-order valence-electron chi connectivity index (χ3n) is 13.2. The van der Waals surface area contributed by atoms with Gasteiger partial charge in [0.15, 0.2) is 11.6 Å². The molecule has 4 saturated heterocycles. The number of nitrogens with zero attached hydrogens (tertiary/aromatic N) is 8. The summed E-state index contributed by atoms with van der Waals surface area (Å²) in [4.78, 5) is 59.4. The van der Waals surface area contributed by atoms with E-state index in [-0.39, 0.29) is 18.2 Å². The van der Waals surface area contributed by atoms with Crippen LogP contribution in [0, 0.1) is 11.7 Å². The normalized spacial score (nSPS) is 20.0. The fraction of sp³-hybridized carbons (Fsp3) is 0.435. The molecule has 4 aliphatic rings. The molecule has 4 aromatic heterocycles. The average Bonchev–Trinajstić information content (AvgIpc) is 3.60. The molecule has 0 aliphatic carbocycles. The Labute approximate surface area is 355 Å². The minimum atomic E-state index is -0.589. The summed E-state index contributed by atoms with van der Waals surface area (Å²) in [6.45, 7) is 8.34. The Morgan fingerprint density at radius 2 is 1.62 bits per heavy atom. The molecule has 61 heavy (non-hydrogen) atoms. The second-order valence-electron chi connectivity index (χ2n) is 17.1. The van der Waals surface area contributed by atoms with Crippen molar-refractivity contribution in [3.05, 3.63) is 95.8 Å². The second kappa shape index (κ2) is 17.6. The zero-order valence-corrected chi connectivity index (χ0v) is 34.7. The summed E-state index contributed by atoms with van der Waals surface area (Å²) < 4.78 is 17.4. The molecule has 1 unspecified atom stereocenters. The molecule has 14 nitrogen and oxygen atoms in total. The molecule has 3 amide bonds. The van der Waals surface area contributed by atoms with Crippen LogP contribution in [0.25, 0.3) is 22.2 Å². The molecule has 0 radical (unpaired) electrons. The standard InChI is InChI=1S/C46H54FN11O3/c1-54-36(25-38-37(10-15-49-43(38)54)34-6-8-41(48)50-26-34)29-55-16-13-32(14-17-55)31-2-4-33(5-3-31)46(61)58-18-11-30(12-19-58)28-56-20-22-57(23-21-56)44-39(47)24-35(27-51-44)52-40-7-9-42(59)53-45(40)60/h2-6,8,10,15,24-27,30,32,40,52H,7,9,11-14,16-23,28-29H2,1H3,(H2,48,50)(H,53,59,60). The zero-order valence-electron chi connectivity index (χ0n) is 34.7. The zero-order chi connectivity index (χ0) is 42.0. The molecule has 1 aromatic carbocycles. The van der Waals surface area contributed by atoms with Crippen LogP contribution in [0.3, 0.4) is 0 Å². The molecule has 9 rings (SSSR count). The largest absolute Gasteiger partial charge is 0.384 e. The van der Waals surface area contributed by atoms with Crippen molar-refractivity contribution in [3.8, 4) is 11.1 Å². The Hall–Kier alpha value is -5.93. The summed E-state index contributed by atoms with van der Waals surface area (Å²) >= 11 is 0. The van der Waals surface area contributed by atoms with Crippen molar-refractivity contribution in [2.24, 2.45) is 13.0 Å². The Morgan fingerprint density at radius 3 is 2.33 bits per heavy atom. The SMILES string of the molecule is Cn1c(CN2CCC(c3ccc(C(=O)N4CCC(CN5CCN(c6ncc(NC7CCC(=O)NC7=O)cc6F)CC5)CC4)cc3)CC2)cc2c(-c3ccc(N)nc3)ccnc21. The number of anilines is 3. The van der Waals surface area contributed by atoms with E-state index in [1.165, 1.54) is 17.3 Å². The van der Waals surface area contributed by atoms with Crippen LogP contribution in [-0.4, -0.2) is 117 Å². The van der Waals surface area contributed by atoms with Gasteiger partial charge >= 0.3 is 0 Å². The van der Waals surface area contributed by atoms with Gasteiger partial charge in [-0.15, -0.1) is 0 Å². The number of nitrogens with two attached hydrogens (primary N) is 1. The fourth-order valence-electron chi connectivity index (χ4n) is 9.57. The highest BCUT2D eigenvalue weighted by Crippen LogP contribution is 2.33. The number of hydrogen-bond donors (Lipinski definition) is 3. The molecule has 4 fully saturated rings. The van der Waals surface area contributed by atoms with Crippen LogP contribution in [0.5, 0.6) is 0 Å². The topological polar surface area (TPSA) is 158 Å². The van der Waals surface area contributed by atoms with Crippen molar-refractivity contribution in [2.75, 3.05) is 74.9 Å². The van der Waals surface area contributed by atoms with Crippen LogP contribution in [0.1, 0.15) is 66.1 Å². The van der Waals surface area contributed by atoms with Gasteiger partial charge in [-0.2, -0.15) is 0 Å². The highest BCUT2D eigenvalue weighted by molar-refractivity contribution is 6.01. The monoisotopic (exact) mass is 827 g/mol. The number of halogens is 1. The van der Waals surface area contributed by atoms with Crippen LogP contribution in [-0.2, 0) is 23.2 Å². The van der Waals surface area contributed by atoms with E-state index in [9.17, 15) is 14.4 Å². The van der Waals surface area contributed by atoms with Crippen LogP contribution in [0.4, 0.5) is 21.7 Å². The van der Waals surface area contributed by atoms with Gasteiger partial charge in [0, 0.05) is 106 Å². The van der Waals surface area contributed by atoms with E-state index in [2.05, 4.69) is 60.2 Å². The molecule has 8 heterocycles. The molecule has 0 bridgehead atoms. The highest BCUT2D eigenvalue weighted by Gasteiger charge is 2.30. The molecule has 1 atom stereocenters. The van der Waals surface area contributed by atoms with Gasteiger partial charge in [0.25, 0.3) is 5.91 Å². The Bertz CT molecular complexity index is 2380. The summed E-state index contributed by atoms with van der Waals surface area (Å²) in [5.74, 6) is 0.790. The molecule has 0 saturated carbocycles. The van der Waals surface area contributed by atoms with E-state index >= 15 is 4.39 Å². The summed E-state index contributed by atoms with van der Waals surface area (Å²) in [5.41, 5.74) is 12.7. The van der Waals surface area contributed by atoms with Crippen LogP contribution in [0.2, 0.25) is 0 Å². The first-order valence-corrected chi connectivity index (χ1v) is 21.6. The van der Waals surface area contributed by atoms with E-state index in [4.69, 9.17) is 10.7 Å². The number of piperazine rings is 1. The number of carbonyl (C=O) groups is 3. The van der Waals surface area contributed by atoms with Crippen LogP contribution >= 0.6 is 0 Å². The van der Waals surface area contributed by atoms with Gasteiger partial charge in [0.2, 0.25) is 11.8 Å². The molecule has 4 aliphatic heterocycles. The Morgan fingerprint density at radius 1 is 0.852 bits per heavy atom. The third kappa shape index (κ3) is 8.94. The van der Waals surface area contributed by atoms with E-state index < -0.39 is 17.8 Å². The minimum absolute atomic E-state index is 0.113.